The molecule has 0 spiro atoms. The molecular weight excluding hydrogens is 278 g/mol. The molecule has 0 fully saturated rings. The molecule has 0 amide bonds. The third-order valence-corrected chi connectivity index (χ3v) is 5.50. The fourth-order valence-electron chi connectivity index (χ4n) is 1.71. The second-order valence-electron chi connectivity index (χ2n) is 4.26. The molecule has 1 heterocycles. The number of nitrogens with one attached hydrogen (secondary N) is 1. The number of nitrogens with zero attached hydrogens (tertiary/aromatic N) is 2. The van der Waals surface area contributed by atoms with Crippen LogP contribution >= 0.6 is 11.3 Å². The highest BCUT2D eigenvalue weighted by Crippen LogP contribution is 2.28. The minimum atomic E-state index is -1.17. The summed E-state index contributed by atoms with van der Waals surface area (Å²) in [6, 6.07) is 8.09. The fraction of sp³-hybridized carbons (Fsp3) is 0.385. The predicted octanol–water partition coefficient (Wildman–Crippen LogP) is 3.15. The van der Waals surface area contributed by atoms with E-state index < -0.39 is 10.8 Å². The van der Waals surface area contributed by atoms with Crippen LogP contribution in [0.5, 0.6) is 0 Å². The average molecular weight is 295 g/mol. The molecule has 0 saturated carbocycles. The van der Waals surface area contributed by atoms with Crippen LogP contribution in [-0.4, -0.2) is 21.0 Å². The van der Waals surface area contributed by atoms with Gasteiger partial charge in [0.15, 0.2) is 0 Å². The van der Waals surface area contributed by atoms with E-state index in [0.29, 0.717) is 4.34 Å². The molecule has 0 unspecified atom stereocenters. The van der Waals surface area contributed by atoms with Gasteiger partial charge in [-0.1, -0.05) is 41.2 Å². The van der Waals surface area contributed by atoms with Gasteiger partial charge in [-0.3, -0.25) is 4.21 Å². The molecule has 1 N–H and O–H groups in total. The average Bonchev–Trinajstić information content (AvgIpc) is 2.86. The minimum absolute atomic E-state index is 0.0812. The lowest BCUT2D eigenvalue weighted by atomic mass is 10.1. The molecule has 19 heavy (non-hydrogen) atoms. The maximum atomic E-state index is 12.5. The van der Waals surface area contributed by atoms with Crippen molar-refractivity contribution in [2.24, 2.45) is 0 Å². The second kappa shape index (κ2) is 6.25. The van der Waals surface area contributed by atoms with Gasteiger partial charge >= 0.3 is 0 Å². The Morgan fingerprint density at radius 2 is 2.21 bits per heavy atom. The van der Waals surface area contributed by atoms with E-state index in [1.54, 1.807) is 0 Å². The molecule has 0 aliphatic heterocycles. The van der Waals surface area contributed by atoms with Gasteiger partial charge in [0, 0.05) is 6.54 Å². The van der Waals surface area contributed by atoms with Crippen molar-refractivity contribution >= 4 is 27.3 Å². The van der Waals surface area contributed by atoms with Gasteiger partial charge in [0.25, 0.3) is 0 Å². The second-order valence-corrected chi connectivity index (χ2v) is 7.18. The SMILES string of the molecule is CCNc1nnc([S@@](=O)[C@H](C)c2cccc(C)c2)s1. The first kappa shape index (κ1) is 14.1. The number of aromatic nitrogens is 2. The van der Waals surface area contributed by atoms with Crippen molar-refractivity contribution in [1.82, 2.24) is 10.2 Å². The van der Waals surface area contributed by atoms with Crippen molar-refractivity contribution in [1.29, 1.82) is 0 Å². The van der Waals surface area contributed by atoms with E-state index in [0.717, 1.165) is 17.2 Å². The predicted molar refractivity (Wildman–Crippen MR) is 80.1 cm³/mol. The number of aryl methyl sites for hydroxylation is 1. The zero-order chi connectivity index (χ0) is 13.8. The molecule has 0 radical (unpaired) electrons. The Bertz CT molecular complexity index is 583. The number of anilines is 1. The molecule has 2 aromatic rings. The van der Waals surface area contributed by atoms with Crippen molar-refractivity contribution in [3.63, 3.8) is 0 Å². The quantitative estimate of drug-likeness (QED) is 0.920. The molecule has 1 aromatic carbocycles. The summed E-state index contributed by atoms with van der Waals surface area (Å²) in [5.41, 5.74) is 2.24. The van der Waals surface area contributed by atoms with Crippen LogP contribution < -0.4 is 5.32 Å². The van der Waals surface area contributed by atoms with E-state index in [2.05, 4.69) is 21.6 Å². The molecular formula is C13H17N3OS2. The highest BCUT2D eigenvalue weighted by Gasteiger charge is 2.19. The van der Waals surface area contributed by atoms with Crippen molar-refractivity contribution in [2.75, 3.05) is 11.9 Å². The number of rotatable bonds is 5. The Morgan fingerprint density at radius 3 is 2.89 bits per heavy atom. The van der Waals surface area contributed by atoms with E-state index in [1.807, 2.05) is 39.0 Å². The molecule has 0 bridgehead atoms. The molecule has 1 aromatic heterocycles. The number of hydrogen-bond donors (Lipinski definition) is 1. The van der Waals surface area contributed by atoms with Crippen LogP contribution in [0.2, 0.25) is 0 Å². The first-order valence-electron chi connectivity index (χ1n) is 6.16. The smallest absolute Gasteiger partial charge is 0.206 e. The van der Waals surface area contributed by atoms with Crippen molar-refractivity contribution in [3.8, 4) is 0 Å². The maximum absolute atomic E-state index is 12.5. The lowest BCUT2D eigenvalue weighted by Crippen LogP contribution is -2.03. The molecule has 0 aliphatic carbocycles. The summed E-state index contributed by atoms with van der Waals surface area (Å²) in [6.07, 6.45) is 0. The monoisotopic (exact) mass is 295 g/mol. The normalized spacial score (nSPS) is 14.1. The van der Waals surface area contributed by atoms with Crippen LogP contribution in [0, 0.1) is 6.92 Å². The highest BCUT2D eigenvalue weighted by molar-refractivity contribution is 7.87. The summed E-state index contributed by atoms with van der Waals surface area (Å²) in [5, 5.41) is 11.7. The number of hydrogen-bond acceptors (Lipinski definition) is 5. The molecule has 0 aliphatic rings. The van der Waals surface area contributed by atoms with E-state index in [1.165, 1.54) is 16.9 Å². The van der Waals surface area contributed by atoms with E-state index in [-0.39, 0.29) is 5.25 Å². The van der Waals surface area contributed by atoms with Gasteiger partial charge in [-0.25, -0.2) is 0 Å². The highest BCUT2D eigenvalue weighted by atomic mass is 32.2. The van der Waals surface area contributed by atoms with Crippen LogP contribution in [0.4, 0.5) is 5.13 Å². The largest absolute Gasteiger partial charge is 0.360 e. The maximum Gasteiger partial charge on any atom is 0.206 e. The van der Waals surface area contributed by atoms with Crippen LogP contribution in [0.25, 0.3) is 0 Å². The standard InChI is InChI=1S/C13H17N3OS2/c1-4-14-12-15-16-13(18-12)19(17)10(3)11-7-5-6-9(2)8-11/h5-8,10H,4H2,1-3H3,(H,14,15)/t10-,19+/m1/s1. The van der Waals surface area contributed by atoms with Crippen LogP contribution in [-0.2, 0) is 10.8 Å². The Morgan fingerprint density at radius 1 is 1.42 bits per heavy atom. The Kier molecular flexibility index (Phi) is 4.66. The summed E-state index contributed by atoms with van der Waals surface area (Å²) >= 11 is 1.36. The van der Waals surface area contributed by atoms with Crippen molar-refractivity contribution < 1.29 is 4.21 Å². The van der Waals surface area contributed by atoms with Crippen LogP contribution in [0.15, 0.2) is 28.6 Å². The van der Waals surface area contributed by atoms with Gasteiger partial charge in [-0.15, -0.1) is 10.2 Å². The first-order valence-corrected chi connectivity index (χ1v) is 8.19. The Balaban J connectivity index is 2.18. The van der Waals surface area contributed by atoms with Gasteiger partial charge in [-0.2, -0.15) is 0 Å². The van der Waals surface area contributed by atoms with Gasteiger partial charge in [0.2, 0.25) is 9.47 Å². The van der Waals surface area contributed by atoms with E-state index in [4.69, 9.17) is 0 Å². The van der Waals surface area contributed by atoms with E-state index in [9.17, 15) is 4.21 Å². The lowest BCUT2D eigenvalue weighted by molar-refractivity contribution is 0.674. The summed E-state index contributed by atoms with van der Waals surface area (Å²) in [7, 11) is -1.17. The third kappa shape index (κ3) is 3.39. The minimum Gasteiger partial charge on any atom is -0.360 e. The molecule has 0 saturated heterocycles. The molecule has 6 heteroatoms. The van der Waals surface area contributed by atoms with Crippen LogP contribution in [0.3, 0.4) is 0 Å². The van der Waals surface area contributed by atoms with E-state index >= 15 is 0 Å². The molecule has 4 nitrogen and oxygen atoms in total. The van der Waals surface area contributed by atoms with Crippen LogP contribution in [0.1, 0.15) is 30.2 Å². The first-order chi connectivity index (χ1) is 9.11. The van der Waals surface area contributed by atoms with Crippen molar-refractivity contribution in [3.05, 3.63) is 35.4 Å². The summed E-state index contributed by atoms with van der Waals surface area (Å²) < 4.78 is 13.0. The topological polar surface area (TPSA) is 54.9 Å². The van der Waals surface area contributed by atoms with Gasteiger partial charge in [0.05, 0.1) is 16.0 Å². The van der Waals surface area contributed by atoms with Gasteiger partial charge < -0.3 is 5.32 Å². The number of benzene rings is 1. The zero-order valence-corrected chi connectivity index (χ0v) is 12.8. The molecule has 102 valence electrons. The molecule has 2 rings (SSSR count). The summed E-state index contributed by atoms with van der Waals surface area (Å²) in [4.78, 5) is 0. The Labute approximate surface area is 119 Å². The summed E-state index contributed by atoms with van der Waals surface area (Å²) in [6.45, 7) is 6.77. The zero-order valence-electron chi connectivity index (χ0n) is 11.2. The van der Waals surface area contributed by atoms with Gasteiger partial charge in [0.1, 0.15) is 0 Å². The third-order valence-electron chi connectivity index (χ3n) is 2.74. The van der Waals surface area contributed by atoms with Crippen molar-refractivity contribution in [2.45, 2.75) is 30.4 Å². The lowest BCUT2D eigenvalue weighted by Gasteiger charge is -2.09. The Hall–Kier alpha value is -1.27. The van der Waals surface area contributed by atoms with Gasteiger partial charge in [-0.05, 0) is 26.3 Å². The fourth-order valence-corrected chi connectivity index (χ4v) is 4.07. The summed E-state index contributed by atoms with van der Waals surface area (Å²) in [5.74, 6) is 0. The molecule has 2 atom stereocenters.